The minimum Gasteiger partial charge on any atom is -0.399 e. The Morgan fingerprint density at radius 2 is 1.96 bits per heavy atom. The minimum atomic E-state index is -0.370. The van der Waals surface area contributed by atoms with Crippen molar-refractivity contribution in [3.05, 3.63) is 17.8 Å². The molecular weight excluding hydrogens is 291 g/mol. The molecule has 1 aromatic heterocycles. The van der Waals surface area contributed by atoms with Crippen molar-refractivity contribution in [2.75, 3.05) is 24.6 Å². The molecule has 1 unspecified atom stereocenters. The molecule has 2 fully saturated rings. The summed E-state index contributed by atoms with van der Waals surface area (Å²) in [6.07, 6.45) is 2.90. The number of rotatable bonds is 3. The van der Waals surface area contributed by atoms with Crippen molar-refractivity contribution in [1.29, 1.82) is 0 Å². The molecule has 1 atom stereocenters. The molecule has 6 heteroatoms. The van der Waals surface area contributed by atoms with Gasteiger partial charge in [-0.15, -0.1) is 0 Å². The van der Waals surface area contributed by atoms with Gasteiger partial charge >= 0.3 is 7.12 Å². The van der Waals surface area contributed by atoms with Gasteiger partial charge in [-0.2, -0.15) is 0 Å². The molecule has 23 heavy (non-hydrogen) atoms. The summed E-state index contributed by atoms with van der Waals surface area (Å²) in [7, 11) is -0.370. The SMILES string of the molecule is Cc1cc(N2CCC(CO)C2)ncc1B1OC(C)(C)C(C)(C)O1. The number of aliphatic hydroxyl groups excluding tert-OH is 1. The lowest BCUT2D eigenvalue weighted by Gasteiger charge is -2.32. The Morgan fingerprint density at radius 3 is 2.48 bits per heavy atom. The molecule has 2 aliphatic heterocycles. The molecule has 2 aliphatic rings. The number of pyridine rings is 1. The summed E-state index contributed by atoms with van der Waals surface area (Å²) in [4.78, 5) is 6.85. The average Bonchev–Trinajstić information content (AvgIpc) is 3.01. The molecule has 0 bridgehead atoms. The Bertz CT molecular complexity index is 575. The maximum Gasteiger partial charge on any atom is 0.496 e. The fourth-order valence-electron chi connectivity index (χ4n) is 3.13. The first-order valence-corrected chi connectivity index (χ1v) is 8.41. The molecule has 126 valence electrons. The zero-order valence-corrected chi connectivity index (χ0v) is 14.8. The highest BCUT2D eigenvalue weighted by Crippen LogP contribution is 2.36. The lowest BCUT2D eigenvalue weighted by atomic mass is 9.77. The second-order valence-electron chi connectivity index (χ2n) is 7.77. The van der Waals surface area contributed by atoms with E-state index in [9.17, 15) is 5.11 Å². The van der Waals surface area contributed by atoms with Gasteiger partial charge in [-0.25, -0.2) is 4.98 Å². The largest absolute Gasteiger partial charge is 0.496 e. The molecule has 0 aromatic carbocycles. The highest BCUT2D eigenvalue weighted by molar-refractivity contribution is 6.62. The van der Waals surface area contributed by atoms with Gasteiger partial charge in [0.05, 0.1) is 11.2 Å². The molecule has 0 aliphatic carbocycles. The third-order valence-corrected chi connectivity index (χ3v) is 5.51. The van der Waals surface area contributed by atoms with E-state index in [1.807, 2.05) is 6.20 Å². The highest BCUT2D eigenvalue weighted by atomic mass is 16.7. The molecule has 3 rings (SSSR count). The maximum absolute atomic E-state index is 9.29. The number of hydrogen-bond acceptors (Lipinski definition) is 5. The molecule has 1 N–H and O–H groups in total. The Kier molecular flexibility index (Phi) is 4.19. The van der Waals surface area contributed by atoms with Gasteiger partial charge in [0, 0.05) is 37.3 Å². The van der Waals surface area contributed by atoms with Crippen LogP contribution >= 0.6 is 0 Å². The van der Waals surface area contributed by atoms with Crippen molar-refractivity contribution in [3.63, 3.8) is 0 Å². The van der Waals surface area contributed by atoms with Gasteiger partial charge in [0.1, 0.15) is 5.82 Å². The molecule has 3 heterocycles. The van der Waals surface area contributed by atoms with Crippen LogP contribution in [0, 0.1) is 12.8 Å². The third-order valence-electron chi connectivity index (χ3n) is 5.51. The van der Waals surface area contributed by atoms with Crippen molar-refractivity contribution in [3.8, 4) is 0 Å². The standard InChI is InChI=1S/C17H27BN2O3/c1-12-8-15(20-7-6-13(10-20)11-21)19-9-14(12)18-22-16(2,3)17(4,5)23-18/h8-9,13,21H,6-7,10-11H2,1-5H3. The van der Waals surface area contributed by atoms with Gasteiger partial charge in [-0.05, 0) is 52.7 Å². The molecule has 0 saturated carbocycles. The van der Waals surface area contributed by atoms with Gasteiger partial charge in [0.25, 0.3) is 0 Å². The number of aryl methyl sites for hydroxylation is 1. The summed E-state index contributed by atoms with van der Waals surface area (Å²) < 4.78 is 12.2. The molecular formula is C17H27BN2O3. The van der Waals surface area contributed by atoms with E-state index in [2.05, 4.69) is 50.6 Å². The van der Waals surface area contributed by atoms with Crippen LogP contribution in [0.2, 0.25) is 0 Å². The molecule has 2 saturated heterocycles. The average molecular weight is 318 g/mol. The molecule has 0 spiro atoms. The van der Waals surface area contributed by atoms with Gasteiger partial charge in [-0.3, -0.25) is 0 Å². The van der Waals surface area contributed by atoms with Crippen LogP contribution in [0.25, 0.3) is 0 Å². The van der Waals surface area contributed by atoms with Crippen LogP contribution in [0.1, 0.15) is 39.7 Å². The van der Waals surface area contributed by atoms with Crippen molar-refractivity contribution in [2.24, 2.45) is 5.92 Å². The van der Waals surface area contributed by atoms with Crippen LogP contribution in [0.15, 0.2) is 12.3 Å². The fourth-order valence-corrected chi connectivity index (χ4v) is 3.13. The fraction of sp³-hybridized carbons (Fsp3) is 0.706. The quantitative estimate of drug-likeness (QED) is 0.856. The van der Waals surface area contributed by atoms with E-state index in [1.165, 1.54) is 0 Å². The number of nitrogens with zero attached hydrogens (tertiary/aromatic N) is 2. The van der Waals surface area contributed by atoms with Crippen LogP contribution in [0.4, 0.5) is 5.82 Å². The van der Waals surface area contributed by atoms with E-state index in [0.717, 1.165) is 36.4 Å². The summed E-state index contributed by atoms with van der Waals surface area (Å²) in [5.41, 5.74) is 1.43. The van der Waals surface area contributed by atoms with E-state index in [4.69, 9.17) is 9.31 Å². The topological polar surface area (TPSA) is 54.8 Å². The van der Waals surface area contributed by atoms with Crippen LogP contribution < -0.4 is 10.4 Å². The summed E-state index contributed by atoms with van der Waals surface area (Å²) >= 11 is 0. The summed E-state index contributed by atoms with van der Waals surface area (Å²) in [6, 6.07) is 2.10. The smallest absolute Gasteiger partial charge is 0.399 e. The third kappa shape index (κ3) is 3.00. The zero-order chi connectivity index (χ0) is 16.8. The van der Waals surface area contributed by atoms with Gasteiger partial charge in [-0.1, -0.05) is 0 Å². The van der Waals surface area contributed by atoms with Crippen molar-refractivity contribution in [1.82, 2.24) is 4.98 Å². The second kappa shape index (κ2) is 5.76. The van der Waals surface area contributed by atoms with E-state index in [0.29, 0.717) is 5.92 Å². The van der Waals surface area contributed by atoms with Crippen molar-refractivity contribution < 1.29 is 14.4 Å². The molecule has 0 amide bonds. The zero-order valence-electron chi connectivity index (χ0n) is 14.8. The van der Waals surface area contributed by atoms with E-state index < -0.39 is 0 Å². The lowest BCUT2D eigenvalue weighted by molar-refractivity contribution is 0.00578. The summed E-state index contributed by atoms with van der Waals surface area (Å²) in [6.45, 7) is 12.4. The van der Waals surface area contributed by atoms with Gasteiger partial charge in [0.2, 0.25) is 0 Å². The Morgan fingerprint density at radius 1 is 1.30 bits per heavy atom. The number of aromatic nitrogens is 1. The lowest BCUT2D eigenvalue weighted by Crippen LogP contribution is -2.41. The Balaban J connectivity index is 1.79. The first kappa shape index (κ1) is 16.7. The van der Waals surface area contributed by atoms with Gasteiger partial charge < -0.3 is 19.3 Å². The highest BCUT2D eigenvalue weighted by Gasteiger charge is 2.52. The van der Waals surface area contributed by atoms with E-state index in [-0.39, 0.29) is 24.9 Å². The number of anilines is 1. The Hall–Kier alpha value is -1.11. The maximum atomic E-state index is 9.29. The molecule has 5 nitrogen and oxygen atoms in total. The van der Waals surface area contributed by atoms with Crippen LogP contribution in [-0.2, 0) is 9.31 Å². The predicted octanol–water partition coefficient (Wildman–Crippen LogP) is 1.51. The van der Waals surface area contributed by atoms with Crippen molar-refractivity contribution >= 4 is 18.4 Å². The normalized spacial score (nSPS) is 26.1. The van der Waals surface area contributed by atoms with Crippen molar-refractivity contribution in [2.45, 2.75) is 52.2 Å². The van der Waals surface area contributed by atoms with Crippen LogP contribution in [0.3, 0.4) is 0 Å². The minimum absolute atomic E-state index is 0.251. The number of hydrogen-bond donors (Lipinski definition) is 1. The summed E-state index contributed by atoms with van der Waals surface area (Å²) in [5, 5.41) is 9.29. The van der Waals surface area contributed by atoms with E-state index >= 15 is 0 Å². The van der Waals surface area contributed by atoms with E-state index in [1.54, 1.807) is 0 Å². The number of aliphatic hydroxyl groups is 1. The second-order valence-corrected chi connectivity index (χ2v) is 7.77. The van der Waals surface area contributed by atoms with Crippen LogP contribution in [0.5, 0.6) is 0 Å². The Labute approximate surface area is 139 Å². The monoisotopic (exact) mass is 318 g/mol. The predicted molar refractivity (Wildman–Crippen MR) is 92.1 cm³/mol. The first-order chi connectivity index (χ1) is 10.7. The summed E-state index contributed by atoms with van der Waals surface area (Å²) in [5.74, 6) is 1.33. The van der Waals surface area contributed by atoms with Gasteiger partial charge in [0.15, 0.2) is 0 Å². The first-order valence-electron chi connectivity index (χ1n) is 8.41. The van der Waals surface area contributed by atoms with Crippen LogP contribution in [-0.4, -0.2) is 48.1 Å². The molecule has 0 radical (unpaired) electrons. The molecule has 1 aromatic rings.